The van der Waals surface area contributed by atoms with Gasteiger partial charge >= 0.3 is 5.97 Å². The molecule has 124 valence electrons. The maximum atomic E-state index is 12.4. The van der Waals surface area contributed by atoms with E-state index in [2.05, 4.69) is 5.32 Å². The minimum atomic E-state index is -0.382. The highest BCUT2D eigenvalue weighted by molar-refractivity contribution is 5.96. The number of methoxy groups -OCH3 is 1. The van der Waals surface area contributed by atoms with Crippen molar-refractivity contribution in [2.45, 2.75) is 12.5 Å². The molecule has 0 unspecified atom stereocenters. The fourth-order valence-corrected chi connectivity index (χ4v) is 2.70. The van der Waals surface area contributed by atoms with Crippen LogP contribution in [0.1, 0.15) is 27.1 Å². The van der Waals surface area contributed by atoms with Crippen molar-refractivity contribution >= 4 is 11.9 Å². The van der Waals surface area contributed by atoms with Crippen LogP contribution in [0.5, 0.6) is 0 Å². The molecule has 0 bridgehead atoms. The Hall–Kier alpha value is -2.66. The van der Waals surface area contributed by atoms with Gasteiger partial charge in [0.05, 0.1) is 25.3 Å². The molecule has 1 atom stereocenters. The fraction of sp³-hybridized carbons (Fsp3) is 0.263. The van der Waals surface area contributed by atoms with Crippen molar-refractivity contribution in [3.8, 4) is 11.1 Å². The smallest absolute Gasteiger partial charge is 0.337 e. The van der Waals surface area contributed by atoms with Gasteiger partial charge in [-0.25, -0.2) is 4.79 Å². The summed E-state index contributed by atoms with van der Waals surface area (Å²) in [6, 6.07) is 14.6. The molecule has 2 aromatic carbocycles. The summed E-state index contributed by atoms with van der Waals surface area (Å²) >= 11 is 0. The zero-order valence-electron chi connectivity index (χ0n) is 13.5. The first kappa shape index (κ1) is 16.2. The lowest BCUT2D eigenvalue weighted by Gasteiger charge is -2.11. The molecule has 0 radical (unpaired) electrons. The fourth-order valence-electron chi connectivity index (χ4n) is 2.70. The molecule has 0 aliphatic carbocycles. The topological polar surface area (TPSA) is 64.6 Å². The molecule has 0 saturated carbocycles. The van der Waals surface area contributed by atoms with Gasteiger partial charge in [0.1, 0.15) is 0 Å². The lowest BCUT2D eigenvalue weighted by molar-refractivity contribution is 0.0600. The third kappa shape index (κ3) is 3.63. The molecule has 0 aromatic heterocycles. The van der Waals surface area contributed by atoms with Gasteiger partial charge in [-0.1, -0.05) is 24.3 Å². The van der Waals surface area contributed by atoms with Crippen LogP contribution in [0.25, 0.3) is 11.1 Å². The Morgan fingerprint density at radius 2 is 1.75 bits per heavy atom. The van der Waals surface area contributed by atoms with Crippen LogP contribution in [0.2, 0.25) is 0 Å². The summed E-state index contributed by atoms with van der Waals surface area (Å²) in [6.07, 6.45) is 0.840. The zero-order chi connectivity index (χ0) is 16.9. The van der Waals surface area contributed by atoms with Gasteiger partial charge in [0.15, 0.2) is 0 Å². The monoisotopic (exact) mass is 325 g/mol. The van der Waals surface area contributed by atoms with Crippen LogP contribution >= 0.6 is 0 Å². The second kappa shape index (κ2) is 7.27. The molecule has 3 rings (SSSR count). The lowest BCUT2D eigenvalue weighted by atomic mass is 10.0. The van der Waals surface area contributed by atoms with Crippen LogP contribution in [0, 0.1) is 0 Å². The Morgan fingerprint density at radius 1 is 1.08 bits per heavy atom. The van der Waals surface area contributed by atoms with Crippen LogP contribution in [0.3, 0.4) is 0 Å². The number of amides is 1. The number of esters is 1. The molecule has 0 spiro atoms. The average molecular weight is 325 g/mol. The van der Waals surface area contributed by atoms with E-state index in [0.29, 0.717) is 24.3 Å². The number of hydrogen-bond donors (Lipinski definition) is 1. The quantitative estimate of drug-likeness (QED) is 0.878. The van der Waals surface area contributed by atoms with Crippen molar-refractivity contribution in [3.05, 3.63) is 59.7 Å². The first-order valence-electron chi connectivity index (χ1n) is 7.85. The molecule has 1 N–H and O–H groups in total. The number of hydrogen-bond acceptors (Lipinski definition) is 4. The molecular formula is C19H19NO4. The minimum Gasteiger partial charge on any atom is -0.465 e. The number of nitrogens with one attached hydrogen (secondary N) is 1. The summed E-state index contributed by atoms with van der Waals surface area (Å²) in [5, 5.41) is 2.97. The van der Waals surface area contributed by atoms with Gasteiger partial charge in [0.25, 0.3) is 5.91 Å². The average Bonchev–Trinajstić information content (AvgIpc) is 3.14. The van der Waals surface area contributed by atoms with E-state index in [0.717, 1.165) is 17.5 Å². The van der Waals surface area contributed by atoms with Crippen molar-refractivity contribution in [3.63, 3.8) is 0 Å². The van der Waals surface area contributed by atoms with E-state index >= 15 is 0 Å². The largest absolute Gasteiger partial charge is 0.465 e. The van der Waals surface area contributed by atoms with Gasteiger partial charge in [-0.2, -0.15) is 0 Å². The highest BCUT2D eigenvalue weighted by Gasteiger charge is 2.18. The standard InChI is InChI=1S/C19H19NO4/c1-23-19(22)16-7-3-5-14(11-16)13-4-2-6-15(10-13)18(21)20-17-8-9-24-12-17/h2-7,10-11,17H,8-9,12H2,1H3,(H,20,21)/t17-/m0/s1. The number of ether oxygens (including phenoxy) is 2. The first-order valence-corrected chi connectivity index (χ1v) is 7.85. The number of rotatable bonds is 4. The SMILES string of the molecule is COC(=O)c1cccc(-c2cccc(C(=O)N[C@H]3CCOC3)c2)c1. The maximum absolute atomic E-state index is 12.4. The predicted octanol–water partition coefficient (Wildman–Crippen LogP) is 2.66. The van der Waals surface area contributed by atoms with Gasteiger partial charge in [0, 0.05) is 12.2 Å². The van der Waals surface area contributed by atoms with E-state index in [1.54, 1.807) is 24.3 Å². The summed E-state index contributed by atoms with van der Waals surface area (Å²) in [4.78, 5) is 24.0. The van der Waals surface area contributed by atoms with Crippen molar-refractivity contribution in [1.82, 2.24) is 5.32 Å². The second-order valence-electron chi connectivity index (χ2n) is 5.69. The van der Waals surface area contributed by atoms with E-state index in [1.807, 2.05) is 24.3 Å². The Morgan fingerprint density at radius 3 is 2.38 bits per heavy atom. The Bertz CT molecular complexity index is 751. The van der Waals surface area contributed by atoms with Crippen molar-refractivity contribution < 1.29 is 19.1 Å². The van der Waals surface area contributed by atoms with Gasteiger partial charge in [-0.3, -0.25) is 4.79 Å². The molecule has 2 aromatic rings. The summed E-state index contributed by atoms with van der Waals surface area (Å²) in [5.74, 6) is -0.497. The third-order valence-corrected chi connectivity index (χ3v) is 4.01. The van der Waals surface area contributed by atoms with Gasteiger partial charge in [-0.05, 0) is 41.8 Å². The molecule has 24 heavy (non-hydrogen) atoms. The summed E-state index contributed by atoms with van der Waals surface area (Å²) < 4.78 is 10.0. The molecular weight excluding hydrogens is 306 g/mol. The number of benzene rings is 2. The van der Waals surface area contributed by atoms with Gasteiger partial charge < -0.3 is 14.8 Å². The minimum absolute atomic E-state index is 0.0730. The van der Waals surface area contributed by atoms with Crippen LogP contribution in [-0.4, -0.2) is 38.2 Å². The molecule has 1 heterocycles. The van der Waals surface area contributed by atoms with Crippen LogP contribution in [-0.2, 0) is 9.47 Å². The molecule has 1 fully saturated rings. The van der Waals surface area contributed by atoms with Crippen LogP contribution in [0.4, 0.5) is 0 Å². The third-order valence-electron chi connectivity index (χ3n) is 4.01. The van der Waals surface area contributed by atoms with Crippen LogP contribution < -0.4 is 5.32 Å². The molecule has 5 nitrogen and oxygen atoms in total. The maximum Gasteiger partial charge on any atom is 0.337 e. The summed E-state index contributed by atoms with van der Waals surface area (Å²) in [7, 11) is 1.35. The summed E-state index contributed by atoms with van der Waals surface area (Å²) in [6.45, 7) is 1.25. The Labute approximate surface area is 140 Å². The van der Waals surface area contributed by atoms with E-state index in [4.69, 9.17) is 9.47 Å². The van der Waals surface area contributed by atoms with E-state index in [1.165, 1.54) is 7.11 Å². The highest BCUT2D eigenvalue weighted by atomic mass is 16.5. The van der Waals surface area contributed by atoms with E-state index in [9.17, 15) is 9.59 Å². The van der Waals surface area contributed by atoms with Gasteiger partial charge in [-0.15, -0.1) is 0 Å². The van der Waals surface area contributed by atoms with Crippen LogP contribution in [0.15, 0.2) is 48.5 Å². The Kier molecular flexibility index (Phi) is 4.91. The molecule has 5 heteroatoms. The van der Waals surface area contributed by atoms with E-state index < -0.39 is 0 Å². The molecule has 1 aliphatic heterocycles. The Balaban J connectivity index is 1.82. The molecule has 1 saturated heterocycles. The molecule has 1 amide bonds. The highest BCUT2D eigenvalue weighted by Crippen LogP contribution is 2.22. The van der Waals surface area contributed by atoms with Gasteiger partial charge in [0.2, 0.25) is 0 Å². The van der Waals surface area contributed by atoms with Crippen molar-refractivity contribution in [2.75, 3.05) is 20.3 Å². The lowest BCUT2D eigenvalue weighted by Crippen LogP contribution is -2.34. The zero-order valence-corrected chi connectivity index (χ0v) is 13.5. The first-order chi connectivity index (χ1) is 11.7. The van der Waals surface area contributed by atoms with E-state index in [-0.39, 0.29) is 17.9 Å². The normalized spacial score (nSPS) is 16.6. The number of carbonyl (C=O) groups excluding carboxylic acids is 2. The number of carbonyl (C=O) groups is 2. The second-order valence-corrected chi connectivity index (χ2v) is 5.69. The molecule has 1 aliphatic rings. The van der Waals surface area contributed by atoms with Crippen molar-refractivity contribution in [2.24, 2.45) is 0 Å². The predicted molar refractivity (Wildman–Crippen MR) is 89.9 cm³/mol. The summed E-state index contributed by atoms with van der Waals surface area (Å²) in [5.41, 5.74) is 2.80. The van der Waals surface area contributed by atoms with Crippen molar-refractivity contribution in [1.29, 1.82) is 0 Å².